The van der Waals surface area contributed by atoms with E-state index in [0.29, 0.717) is 5.89 Å². The Labute approximate surface area is 118 Å². The van der Waals surface area contributed by atoms with Crippen LogP contribution >= 0.6 is 11.8 Å². The van der Waals surface area contributed by atoms with Crippen molar-refractivity contribution in [1.82, 2.24) is 25.1 Å². The molecule has 0 radical (unpaired) electrons. The Morgan fingerprint density at radius 3 is 3.25 bits per heavy atom. The zero-order valence-corrected chi connectivity index (χ0v) is 11.2. The molecule has 0 fully saturated rings. The maximum atomic E-state index is 5.25. The third-order valence-electron chi connectivity index (χ3n) is 3.04. The second kappa shape index (κ2) is 4.64. The molecule has 0 saturated heterocycles. The van der Waals surface area contributed by atoms with Crippen molar-refractivity contribution in [2.24, 2.45) is 0 Å². The van der Waals surface area contributed by atoms with Crippen molar-refractivity contribution in [3.8, 4) is 0 Å². The third kappa shape index (κ3) is 1.85. The van der Waals surface area contributed by atoms with E-state index in [1.807, 2.05) is 18.5 Å². The molecule has 0 amide bonds. The number of anilines is 1. The molecule has 8 heteroatoms. The minimum absolute atomic E-state index is 0.541. The molecular formula is C12H10N6OS. The molecule has 4 rings (SSSR count). The average Bonchev–Trinajstić information content (AvgIpc) is 3.18. The molecular weight excluding hydrogens is 276 g/mol. The number of H-pyrrole nitrogens is 1. The van der Waals surface area contributed by atoms with Crippen molar-refractivity contribution in [3.05, 3.63) is 37.1 Å². The Balaban J connectivity index is 1.78. The molecule has 4 heterocycles. The van der Waals surface area contributed by atoms with Crippen LogP contribution in [-0.4, -0.2) is 37.4 Å². The van der Waals surface area contributed by atoms with Gasteiger partial charge in [-0.1, -0.05) is 0 Å². The fourth-order valence-electron chi connectivity index (χ4n) is 2.15. The van der Waals surface area contributed by atoms with Crippen molar-refractivity contribution < 1.29 is 4.42 Å². The highest BCUT2D eigenvalue weighted by Crippen LogP contribution is 2.33. The van der Waals surface area contributed by atoms with Crippen LogP contribution in [0.5, 0.6) is 0 Å². The maximum Gasteiger partial charge on any atom is 0.255 e. The lowest BCUT2D eigenvalue weighted by atomic mass is 10.3. The van der Waals surface area contributed by atoms with Gasteiger partial charge >= 0.3 is 0 Å². The standard InChI is InChI=1S/C12H10N6OS/c1-2-13-10-8(1)11(15-6-14-10)18-3-4-20-9(5-18)12-17-16-7-19-12/h1-2,5-7H,3-4H2,(H,13,14,15). The van der Waals surface area contributed by atoms with Crippen LogP contribution < -0.4 is 4.90 Å². The van der Waals surface area contributed by atoms with E-state index in [1.54, 1.807) is 18.1 Å². The first-order valence-electron chi connectivity index (χ1n) is 6.08. The molecule has 0 saturated carbocycles. The van der Waals surface area contributed by atoms with Gasteiger partial charge in [-0.3, -0.25) is 0 Å². The second-order valence-corrected chi connectivity index (χ2v) is 5.35. The highest BCUT2D eigenvalue weighted by Gasteiger charge is 2.19. The number of aromatic nitrogens is 5. The van der Waals surface area contributed by atoms with Crippen molar-refractivity contribution in [2.45, 2.75) is 0 Å². The van der Waals surface area contributed by atoms with Gasteiger partial charge in [0.1, 0.15) is 17.8 Å². The Hall–Kier alpha value is -2.35. The summed E-state index contributed by atoms with van der Waals surface area (Å²) in [5.41, 5.74) is 0.834. The fourth-order valence-corrected chi connectivity index (χ4v) is 3.07. The molecule has 0 aliphatic carbocycles. The molecule has 100 valence electrons. The Kier molecular flexibility index (Phi) is 2.66. The highest BCUT2D eigenvalue weighted by molar-refractivity contribution is 8.08. The zero-order chi connectivity index (χ0) is 13.4. The second-order valence-electron chi connectivity index (χ2n) is 4.22. The molecule has 7 nitrogen and oxygen atoms in total. The Bertz CT molecular complexity index is 765. The minimum atomic E-state index is 0.541. The first-order valence-corrected chi connectivity index (χ1v) is 7.06. The molecule has 1 N–H and O–H groups in total. The summed E-state index contributed by atoms with van der Waals surface area (Å²) < 4.78 is 5.25. The van der Waals surface area contributed by atoms with Crippen molar-refractivity contribution in [3.63, 3.8) is 0 Å². The van der Waals surface area contributed by atoms with Crippen molar-refractivity contribution in [1.29, 1.82) is 0 Å². The first-order chi connectivity index (χ1) is 9.92. The van der Waals surface area contributed by atoms with Crippen LogP contribution in [0.25, 0.3) is 15.9 Å². The van der Waals surface area contributed by atoms with Gasteiger partial charge in [0.05, 0.1) is 10.3 Å². The van der Waals surface area contributed by atoms with Gasteiger partial charge in [-0.25, -0.2) is 9.97 Å². The van der Waals surface area contributed by atoms with Crippen molar-refractivity contribution in [2.75, 3.05) is 17.2 Å². The van der Waals surface area contributed by atoms with Gasteiger partial charge in [-0.15, -0.1) is 22.0 Å². The van der Waals surface area contributed by atoms with E-state index in [9.17, 15) is 0 Å². The van der Waals surface area contributed by atoms with Crippen LogP contribution in [-0.2, 0) is 0 Å². The Morgan fingerprint density at radius 2 is 2.35 bits per heavy atom. The molecule has 3 aromatic rings. The summed E-state index contributed by atoms with van der Waals surface area (Å²) in [6.45, 7) is 0.875. The quantitative estimate of drug-likeness (QED) is 0.770. The van der Waals surface area contributed by atoms with Crippen LogP contribution in [0.1, 0.15) is 5.89 Å². The van der Waals surface area contributed by atoms with E-state index in [0.717, 1.165) is 34.1 Å². The number of hydrogen-bond acceptors (Lipinski definition) is 7. The molecule has 1 aliphatic heterocycles. The van der Waals surface area contributed by atoms with E-state index in [1.165, 1.54) is 6.39 Å². The van der Waals surface area contributed by atoms with Crippen LogP contribution in [0.2, 0.25) is 0 Å². The predicted octanol–water partition coefficient (Wildman–Crippen LogP) is 1.89. The van der Waals surface area contributed by atoms with Gasteiger partial charge in [0.2, 0.25) is 6.39 Å². The first kappa shape index (κ1) is 11.5. The number of nitrogens with one attached hydrogen (secondary N) is 1. The predicted molar refractivity (Wildman–Crippen MR) is 76.0 cm³/mol. The molecule has 0 spiro atoms. The summed E-state index contributed by atoms with van der Waals surface area (Å²) >= 11 is 1.70. The van der Waals surface area contributed by atoms with Gasteiger partial charge in [-0.05, 0) is 6.07 Å². The number of thioether (sulfide) groups is 1. The van der Waals surface area contributed by atoms with Crippen LogP contribution in [0.15, 0.2) is 35.6 Å². The molecule has 0 unspecified atom stereocenters. The number of hydrogen-bond donors (Lipinski definition) is 1. The van der Waals surface area contributed by atoms with Gasteiger partial charge in [-0.2, -0.15) is 0 Å². The summed E-state index contributed by atoms with van der Waals surface area (Å²) in [6, 6.07) is 1.98. The van der Waals surface area contributed by atoms with Gasteiger partial charge in [0.15, 0.2) is 0 Å². The van der Waals surface area contributed by atoms with Crippen LogP contribution in [0.4, 0.5) is 5.82 Å². The molecule has 3 aromatic heterocycles. The normalized spacial score (nSPS) is 15.6. The van der Waals surface area contributed by atoms with E-state index in [4.69, 9.17) is 4.42 Å². The van der Waals surface area contributed by atoms with E-state index in [2.05, 4.69) is 30.0 Å². The minimum Gasteiger partial charge on any atom is -0.423 e. The van der Waals surface area contributed by atoms with E-state index < -0.39 is 0 Å². The van der Waals surface area contributed by atoms with Gasteiger partial charge in [0, 0.05) is 24.7 Å². The van der Waals surface area contributed by atoms with E-state index in [-0.39, 0.29) is 0 Å². The van der Waals surface area contributed by atoms with Crippen LogP contribution in [0, 0.1) is 0 Å². The zero-order valence-electron chi connectivity index (χ0n) is 10.4. The lowest BCUT2D eigenvalue weighted by molar-refractivity contribution is 0.541. The Morgan fingerprint density at radius 1 is 1.35 bits per heavy atom. The summed E-state index contributed by atoms with van der Waals surface area (Å²) in [5, 5.41) is 8.67. The molecule has 0 atom stereocenters. The summed E-state index contributed by atoms with van der Waals surface area (Å²) in [7, 11) is 0. The smallest absolute Gasteiger partial charge is 0.255 e. The molecule has 0 aromatic carbocycles. The molecule has 0 bridgehead atoms. The van der Waals surface area contributed by atoms with Gasteiger partial charge in [0.25, 0.3) is 5.89 Å². The lowest BCUT2D eigenvalue weighted by Gasteiger charge is -2.24. The number of aromatic amines is 1. The lowest BCUT2D eigenvalue weighted by Crippen LogP contribution is -2.24. The largest absolute Gasteiger partial charge is 0.423 e. The summed E-state index contributed by atoms with van der Waals surface area (Å²) in [4.78, 5) is 14.7. The number of nitrogens with zero attached hydrogens (tertiary/aromatic N) is 5. The van der Waals surface area contributed by atoms with Gasteiger partial charge < -0.3 is 14.3 Å². The average molecular weight is 286 g/mol. The molecule has 1 aliphatic rings. The number of fused-ring (bicyclic) bond motifs is 1. The highest BCUT2D eigenvalue weighted by atomic mass is 32.2. The summed E-state index contributed by atoms with van der Waals surface area (Å²) in [6.07, 6.45) is 6.77. The third-order valence-corrected chi connectivity index (χ3v) is 4.02. The van der Waals surface area contributed by atoms with E-state index >= 15 is 0 Å². The maximum absolute atomic E-state index is 5.25. The molecule has 20 heavy (non-hydrogen) atoms. The topological polar surface area (TPSA) is 83.7 Å². The fraction of sp³-hybridized carbons (Fsp3) is 0.167. The SMILES string of the molecule is C1=C(c2nnco2)SCCN1c1ncnc2[nH]ccc12. The number of rotatable bonds is 2. The van der Waals surface area contributed by atoms with Crippen LogP contribution in [0.3, 0.4) is 0 Å². The summed E-state index contributed by atoms with van der Waals surface area (Å²) in [5.74, 6) is 2.36. The monoisotopic (exact) mass is 286 g/mol. The van der Waals surface area contributed by atoms with Crippen molar-refractivity contribution >= 4 is 33.5 Å².